The van der Waals surface area contributed by atoms with E-state index in [1.165, 1.54) is 0 Å². The van der Waals surface area contributed by atoms with Crippen molar-refractivity contribution in [3.8, 4) is 11.4 Å². The Morgan fingerprint density at radius 2 is 1.90 bits per heavy atom. The van der Waals surface area contributed by atoms with Gasteiger partial charge in [-0.1, -0.05) is 35.5 Å². The van der Waals surface area contributed by atoms with Gasteiger partial charge in [0, 0.05) is 17.6 Å². The SMILES string of the molecule is CC(C)(C)NCCOCc1nc(-c2ccccc2)no1.Cl. The molecule has 0 unspecified atom stereocenters. The maximum Gasteiger partial charge on any atom is 0.252 e. The normalized spacial score (nSPS) is 11.2. The second-order valence-electron chi connectivity index (χ2n) is 5.61. The Bertz CT molecular complexity index is 523. The molecule has 0 aliphatic carbocycles. The van der Waals surface area contributed by atoms with Gasteiger partial charge >= 0.3 is 0 Å². The molecule has 0 amide bonds. The van der Waals surface area contributed by atoms with E-state index in [1.54, 1.807) is 0 Å². The highest BCUT2D eigenvalue weighted by atomic mass is 35.5. The van der Waals surface area contributed by atoms with Gasteiger partial charge in [-0.15, -0.1) is 12.4 Å². The summed E-state index contributed by atoms with van der Waals surface area (Å²) < 4.78 is 10.7. The van der Waals surface area contributed by atoms with E-state index in [0.717, 1.165) is 12.1 Å². The summed E-state index contributed by atoms with van der Waals surface area (Å²) in [6, 6.07) is 9.74. The number of nitrogens with one attached hydrogen (secondary N) is 1. The van der Waals surface area contributed by atoms with Gasteiger partial charge in [-0.05, 0) is 20.8 Å². The van der Waals surface area contributed by atoms with E-state index in [0.29, 0.717) is 24.9 Å². The van der Waals surface area contributed by atoms with E-state index < -0.39 is 0 Å². The van der Waals surface area contributed by atoms with Gasteiger partial charge in [-0.25, -0.2) is 0 Å². The zero-order valence-electron chi connectivity index (χ0n) is 12.6. The number of hydrogen-bond donors (Lipinski definition) is 1. The van der Waals surface area contributed by atoms with Crippen LogP contribution in [0.3, 0.4) is 0 Å². The fourth-order valence-electron chi connectivity index (χ4n) is 1.68. The molecule has 2 rings (SSSR count). The lowest BCUT2D eigenvalue weighted by atomic mass is 10.1. The highest BCUT2D eigenvalue weighted by Crippen LogP contribution is 2.14. The van der Waals surface area contributed by atoms with Crippen LogP contribution in [0.15, 0.2) is 34.9 Å². The van der Waals surface area contributed by atoms with Crippen molar-refractivity contribution in [3.05, 3.63) is 36.2 Å². The van der Waals surface area contributed by atoms with Crippen molar-refractivity contribution in [1.82, 2.24) is 15.5 Å². The summed E-state index contributed by atoms with van der Waals surface area (Å²) in [4.78, 5) is 4.30. The minimum atomic E-state index is 0. The predicted molar refractivity (Wildman–Crippen MR) is 84.4 cm³/mol. The minimum Gasteiger partial charge on any atom is -0.370 e. The van der Waals surface area contributed by atoms with Crippen molar-refractivity contribution in [2.24, 2.45) is 0 Å². The van der Waals surface area contributed by atoms with Crippen LogP contribution in [0.4, 0.5) is 0 Å². The smallest absolute Gasteiger partial charge is 0.252 e. The summed E-state index contributed by atoms with van der Waals surface area (Å²) in [7, 11) is 0. The second-order valence-corrected chi connectivity index (χ2v) is 5.61. The molecule has 6 heteroatoms. The largest absolute Gasteiger partial charge is 0.370 e. The number of benzene rings is 1. The summed E-state index contributed by atoms with van der Waals surface area (Å²) >= 11 is 0. The molecule has 0 radical (unpaired) electrons. The number of ether oxygens (including phenoxy) is 1. The molecule has 1 aromatic carbocycles. The first-order chi connectivity index (χ1) is 9.54. The Kier molecular flexibility index (Phi) is 6.81. The molecular weight excluding hydrogens is 290 g/mol. The number of aromatic nitrogens is 2. The standard InChI is InChI=1S/C15H21N3O2.ClH/c1-15(2,3)16-9-10-19-11-13-17-14(18-20-13)12-7-5-4-6-8-12;/h4-8,16H,9-11H2,1-3H3;1H. The van der Waals surface area contributed by atoms with Gasteiger partial charge in [0.25, 0.3) is 5.89 Å². The Morgan fingerprint density at radius 1 is 1.19 bits per heavy atom. The van der Waals surface area contributed by atoms with Gasteiger partial charge in [0.05, 0.1) is 6.61 Å². The molecule has 116 valence electrons. The predicted octanol–water partition coefficient (Wildman–Crippen LogP) is 3.06. The third-order valence-corrected chi connectivity index (χ3v) is 2.63. The van der Waals surface area contributed by atoms with Gasteiger partial charge in [0.2, 0.25) is 5.82 Å². The summed E-state index contributed by atoms with van der Waals surface area (Å²) in [5.74, 6) is 1.09. The lowest BCUT2D eigenvalue weighted by molar-refractivity contribution is 0.0959. The Labute approximate surface area is 131 Å². The van der Waals surface area contributed by atoms with Gasteiger partial charge in [0.15, 0.2) is 0 Å². The molecule has 1 heterocycles. The molecule has 0 spiro atoms. The Balaban J connectivity index is 0.00000220. The van der Waals surface area contributed by atoms with Crippen molar-refractivity contribution in [2.75, 3.05) is 13.2 Å². The molecule has 0 saturated heterocycles. The summed E-state index contributed by atoms with van der Waals surface area (Å²) in [5.41, 5.74) is 1.05. The fourth-order valence-corrected chi connectivity index (χ4v) is 1.68. The second kappa shape index (κ2) is 8.12. The molecular formula is C15H22ClN3O2. The first kappa shape index (κ1) is 17.6. The number of hydrogen-bond acceptors (Lipinski definition) is 5. The highest BCUT2D eigenvalue weighted by Gasteiger charge is 2.09. The summed E-state index contributed by atoms with van der Waals surface area (Å²) in [6.07, 6.45) is 0. The first-order valence-corrected chi connectivity index (χ1v) is 6.75. The lowest BCUT2D eigenvalue weighted by Crippen LogP contribution is -2.37. The molecule has 0 aliphatic rings. The van der Waals surface area contributed by atoms with Gasteiger partial charge in [-0.3, -0.25) is 0 Å². The molecule has 0 fully saturated rings. The fraction of sp³-hybridized carbons (Fsp3) is 0.467. The van der Waals surface area contributed by atoms with Gasteiger partial charge in [0.1, 0.15) is 6.61 Å². The summed E-state index contributed by atoms with van der Waals surface area (Å²) in [5, 5.41) is 7.29. The summed E-state index contributed by atoms with van der Waals surface area (Å²) in [6.45, 7) is 8.11. The van der Waals surface area contributed by atoms with E-state index in [9.17, 15) is 0 Å². The van der Waals surface area contributed by atoms with Crippen molar-refractivity contribution >= 4 is 12.4 Å². The topological polar surface area (TPSA) is 60.2 Å². The van der Waals surface area contributed by atoms with Crippen LogP contribution >= 0.6 is 12.4 Å². The molecule has 0 atom stereocenters. The van der Waals surface area contributed by atoms with Crippen molar-refractivity contribution in [1.29, 1.82) is 0 Å². The van der Waals surface area contributed by atoms with E-state index >= 15 is 0 Å². The third kappa shape index (κ3) is 6.25. The van der Waals surface area contributed by atoms with Gasteiger partial charge in [-0.2, -0.15) is 4.98 Å². The third-order valence-electron chi connectivity index (χ3n) is 2.63. The molecule has 21 heavy (non-hydrogen) atoms. The Morgan fingerprint density at radius 3 is 2.57 bits per heavy atom. The van der Waals surface area contributed by atoms with Gasteiger partial charge < -0.3 is 14.6 Å². The molecule has 2 aromatic rings. The minimum absolute atomic E-state index is 0. The molecule has 1 N–H and O–H groups in total. The number of rotatable bonds is 6. The molecule has 1 aromatic heterocycles. The zero-order valence-corrected chi connectivity index (χ0v) is 13.4. The molecule has 0 bridgehead atoms. The van der Waals surface area contributed by atoms with E-state index in [-0.39, 0.29) is 17.9 Å². The van der Waals surface area contributed by atoms with Crippen LogP contribution in [0, 0.1) is 0 Å². The number of halogens is 1. The van der Waals surface area contributed by atoms with E-state index in [1.807, 2.05) is 30.3 Å². The monoisotopic (exact) mass is 311 g/mol. The average molecular weight is 312 g/mol. The maximum atomic E-state index is 5.51. The quantitative estimate of drug-likeness (QED) is 0.831. The zero-order chi connectivity index (χ0) is 14.4. The maximum absolute atomic E-state index is 5.51. The first-order valence-electron chi connectivity index (χ1n) is 6.75. The lowest BCUT2D eigenvalue weighted by Gasteiger charge is -2.20. The number of nitrogens with zero attached hydrogens (tertiary/aromatic N) is 2. The van der Waals surface area contributed by atoms with Crippen molar-refractivity contribution in [3.63, 3.8) is 0 Å². The molecule has 0 aliphatic heterocycles. The van der Waals surface area contributed by atoms with Crippen molar-refractivity contribution < 1.29 is 9.26 Å². The van der Waals surface area contributed by atoms with Crippen molar-refractivity contribution in [2.45, 2.75) is 32.9 Å². The van der Waals surface area contributed by atoms with Crippen LogP contribution in [0.5, 0.6) is 0 Å². The van der Waals surface area contributed by atoms with Crippen LogP contribution in [0.1, 0.15) is 26.7 Å². The molecule has 0 saturated carbocycles. The average Bonchev–Trinajstić information content (AvgIpc) is 2.87. The van der Waals surface area contributed by atoms with Crippen LogP contribution in [-0.4, -0.2) is 28.8 Å². The Hall–Kier alpha value is -1.43. The van der Waals surface area contributed by atoms with Crippen LogP contribution in [0.25, 0.3) is 11.4 Å². The van der Waals surface area contributed by atoms with Crippen LogP contribution in [0.2, 0.25) is 0 Å². The van der Waals surface area contributed by atoms with Crippen LogP contribution < -0.4 is 5.32 Å². The van der Waals surface area contributed by atoms with Crippen LogP contribution in [-0.2, 0) is 11.3 Å². The van der Waals surface area contributed by atoms with E-state index in [2.05, 4.69) is 36.2 Å². The highest BCUT2D eigenvalue weighted by molar-refractivity contribution is 5.85. The van der Waals surface area contributed by atoms with E-state index in [4.69, 9.17) is 9.26 Å². The molecule has 5 nitrogen and oxygen atoms in total.